The molecule has 0 aliphatic carbocycles. The molecule has 32 heavy (non-hydrogen) atoms. The number of hydrogen-bond donors (Lipinski definition) is 0. The summed E-state index contributed by atoms with van der Waals surface area (Å²) in [6.07, 6.45) is 1.48. The Morgan fingerprint density at radius 2 is 2.16 bits per heavy atom. The van der Waals surface area contributed by atoms with Gasteiger partial charge in [-0.3, -0.25) is 0 Å². The lowest BCUT2D eigenvalue weighted by atomic mass is 10.1. The minimum Gasteiger partial charge on any atom is -0.483 e. The lowest BCUT2D eigenvalue weighted by Crippen LogP contribution is -2.21. The molecule has 0 radical (unpaired) electrons. The summed E-state index contributed by atoms with van der Waals surface area (Å²) in [6, 6.07) is 5.29. The summed E-state index contributed by atoms with van der Waals surface area (Å²) in [4.78, 5) is 24.7. The number of aryl methyl sites for hydroxylation is 1. The highest BCUT2D eigenvalue weighted by Crippen LogP contribution is 2.43. The molecule has 7 nitrogen and oxygen atoms in total. The van der Waals surface area contributed by atoms with E-state index in [1.165, 1.54) is 17.4 Å². The van der Waals surface area contributed by atoms with Crippen molar-refractivity contribution < 1.29 is 23.4 Å². The Balaban J connectivity index is 1.59. The molecule has 2 aromatic heterocycles. The molecule has 0 N–H and O–H groups in total. The van der Waals surface area contributed by atoms with Crippen molar-refractivity contribution in [3.05, 3.63) is 41.3 Å². The van der Waals surface area contributed by atoms with E-state index in [2.05, 4.69) is 15.0 Å². The zero-order chi connectivity index (χ0) is 22.4. The molecule has 0 unspecified atom stereocenters. The van der Waals surface area contributed by atoms with Gasteiger partial charge in [0.05, 0.1) is 34.1 Å². The smallest absolute Gasteiger partial charge is 0.403 e. The van der Waals surface area contributed by atoms with E-state index < -0.39 is 17.3 Å². The van der Waals surface area contributed by atoms with Crippen molar-refractivity contribution in [2.24, 2.45) is 0 Å². The Hall–Kier alpha value is -3.04. The Morgan fingerprint density at radius 3 is 2.94 bits per heavy atom. The van der Waals surface area contributed by atoms with Crippen molar-refractivity contribution in [1.82, 2.24) is 15.0 Å². The number of thiazole rings is 1. The molecule has 0 spiro atoms. The van der Waals surface area contributed by atoms with Crippen LogP contribution in [0.1, 0.15) is 18.1 Å². The average molecular weight is 474 g/mol. The number of carbonyl (C=O) groups is 1. The molecule has 1 aliphatic heterocycles. The normalized spacial score (nSPS) is 15.1. The van der Waals surface area contributed by atoms with Crippen LogP contribution in [0.2, 0.25) is 0 Å². The lowest BCUT2D eigenvalue weighted by Gasteiger charge is -2.09. The second-order valence-electron chi connectivity index (χ2n) is 7.35. The first-order valence-corrected chi connectivity index (χ1v) is 11.1. The van der Waals surface area contributed by atoms with Gasteiger partial charge >= 0.3 is 5.43 Å². The first-order chi connectivity index (χ1) is 15.4. The van der Waals surface area contributed by atoms with Crippen LogP contribution >= 0.6 is 22.9 Å². The monoisotopic (exact) mass is 473 g/mol. The maximum Gasteiger partial charge on any atom is 0.403 e. The third-order valence-corrected chi connectivity index (χ3v) is 6.35. The van der Waals surface area contributed by atoms with Crippen molar-refractivity contribution >= 4 is 49.6 Å². The third-order valence-electron chi connectivity index (χ3n) is 5.07. The molecule has 0 saturated carbocycles. The Labute approximate surface area is 191 Å². The zero-order valence-electron chi connectivity index (χ0n) is 17.1. The molecular formula is C22H17ClFN3O4S. The first kappa shape index (κ1) is 20.8. The van der Waals surface area contributed by atoms with E-state index >= 15 is 0 Å². The van der Waals surface area contributed by atoms with Crippen molar-refractivity contribution in [1.29, 1.82) is 0 Å². The van der Waals surface area contributed by atoms with Crippen LogP contribution in [0.3, 0.4) is 0 Å². The highest BCUT2D eigenvalue weighted by atomic mass is 35.5. The molecule has 0 amide bonds. The fourth-order valence-electron chi connectivity index (χ4n) is 3.82. The van der Waals surface area contributed by atoms with E-state index in [1.807, 2.05) is 26.0 Å². The van der Waals surface area contributed by atoms with E-state index in [9.17, 15) is 9.18 Å². The summed E-state index contributed by atoms with van der Waals surface area (Å²) in [7, 11) is 0. The number of ether oxygens (including phenoxy) is 3. The largest absolute Gasteiger partial charge is 0.483 e. The van der Waals surface area contributed by atoms with Crippen LogP contribution in [-0.2, 0) is 11.2 Å². The van der Waals surface area contributed by atoms with Gasteiger partial charge < -0.3 is 14.2 Å². The van der Waals surface area contributed by atoms with Crippen molar-refractivity contribution in [3.8, 4) is 22.2 Å². The van der Waals surface area contributed by atoms with Crippen LogP contribution in [0.25, 0.3) is 31.8 Å². The van der Waals surface area contributed by atoms with Gasteiger partial charge in [0.1, 0.15) is 17.7 Å². The number of benzene rings is 2. The van der Waals surface area contributed by atoms with Gasteiger partial charge in [-0.25, -0.2) is 24.1 Å². The van der Waals surface area contributed by atoms with Crippen LogP contribution in [0, 0.1) is 12.7 Å². The fraction of sp³-hybridized carbons (Fsp3) is 0.273. The number of rotatable bonds is 5. The topological polar surface area (TPSA) is 83.4 Å². The van der Waals surface area contributed by atoms with E-state index in [4.69, 9.17) is 25.8 Å². The molecule has 1 atom stereocenters. The maximum atomic E-state index is 14.7. The summed E-state index contributed by atoms with van der Waals surface area (Å²) in [6.45, 7) is 4.31. The summed E-state index contributed by atoms with van der Waals surface area (Å²) < 4.78 is 31.5. The predicted molar refractivity (Wildman–Crippen MR) is 119 cm³/mol. The predicted octanol–water partition coefficient (Wildman–Crippen LogP) is 5.43. The van der Waals surface area contributed by atoms with Gasteiger partial charge in [0.2, 0.25) is 5.88 Å². The number of nitrogens with zero attached hydrogens (tertiary/aromatic N) is 3. The number of aromatic nitrogens is 3. The summed E-state index contributed by atoms with van der Waals surface area (Å²) >= 11 is 6.67. The highest BCUT2D eigenvalue weighted by molar-refractivity contribution is 7.22. The van der Waals surface area contributed by atoms with Gasteiger partial charge in [0.25, 0.3) is 0 Å². The minimum atomic E-state index is -0.921. The molecule has 1 aliphatic rings. The summed E-state index contributed by atoms with van der Waals surface area (Å²) in [5, 5.41) is 0.704. The van der Waals surface area contributed by atoms with Crippen LogP contribution < -0.4 is 9.47 Å². The standard InChI is InChI=1S/C22H17ClFN3O4S/c1-3-29-17-8-25-18-12(4-10(2)5-15(18)26-17)21-27-16-7-14(24)19-13(20(16)32-21)6-11(31-19)9-30-22(23)28/h4-5,7-8,11H,3,6,9H2,1-2H3/t11-/m1/s1. The van der Waals surface area contributed by atoms with E-state index in [1.54, 1.807) is 6.20 Å². The van der Waals surface area contributed by atoms with Gasteiger partial charge in [0, 0.05) is 35.2 Å². The molecule has 10 heteroatoms. The molecular weight excluding hydrogens is 457 g/mol. The van der Waals surface area contributed by atoms with Crippen molar-refractivity contribution in [2.75, 3.05) is 13.2 Å². The summed E-state index contributed by atoms with van der Waals surface area (Å²) in [5.74, 6) is 0.124. The Morgan fingerprint density at radius 1 is 1.31 bits per heavy atom. The van der Waals surface area contributed by atoms with Gasteiger partial charge in [-0.1, -0.05) is 0 Å². The molecule has 2 aromatic carbocycles. The van der Waals surface area contributed by atoms with Gasteiger partial charge in [-0.2, -0.15) is 0 Å². The summed E-state index contributed by atoms with van der Waals surface area (Å²) in [5.41, 5.74) is 3.53. The molecule has 0 fully saturated rings. The lowest BCUT2D eigenvalue weighted by molar-refractivity contribution is 0.107. The molecule has 0 bridgehead atoms. The minimum absolute atomic E-state index is 0.0517. The highest BCUT2D eigenvalue weighted by Gasteiger charge is 2.31. The Kier molecular flexibility index (Phi) is 5.30. The molecule has 5 rings (SSSR count). The van der Waals surface area contributed by atoms with Crippen LogP contribution in [0.15, 0.2) is 24.4 Å². The van der Waals surface area contributed by atoms with Gasteiger partial charge in [0.15, 0.2) is 11.6 Å². The van der Waals surface area contributed by atoms with E-state index in [-0.39, 0.29) is 12.4 Å². The van der Waals surface area contributed by atoms with E-state index in [0.717, 1.165) is 15.8 Å². The van der Waals surface area contributed by atoms with Crippen LogP contribution in [0.5, 0.6) is 11.6 Å². The van der Waals surface area contributed by atoms with Gasteiger partial charge in [-0.05, 0) is 31.5 Å². The van der Waals surface area contributed by atoms with Crippen molar-refractivity contribution in [2.45, 2.75) is 26.4 Å². The van der Waals surface area contributed by atoms with Crippen molar-refractivity contribution in [3.63, 3.8) is 0 Å². The number of halogens is 2. The Bertz CT molecular complexity index is 1380. The first-order valence-electron chi connectivity index (χ1n) is 9.94. The van der Waals surface area contributed by atoms with Gasteiger partial charge in [-0.15, -0.1) is 11.3 Å². The maximum absolute atomic E-state index is 14.7. The van der Waals surface area contributed by atoms with E-state index in [0.29, 0.717) is 46.0 Å². The number of fused-ring (bicyclic) bond motifs is 4. The number of hydrogen-bond acceptors (Lipinski definition) is 8. The number of carbonyl (C=O) groups excluding carboxylic acids is 1. The fourth-order valence-corrected chi connectivity index (χ4v) is 5.00. The SMILES string of the molecule is CCOc1cnc2c(-c3nc4cc(F)c5c(c4s3)C[C@H](COC(=O)Cl)O5)cc(C)cc2n1. The molecule has 4 aromatic rings. The molecule has 3 heterocycles. The third kappa shape index (κ3) is 3.71. The van der Waals surface area contributed by atoms with Crippen LogP contribution in [-0.4, -0.2) is 39.7 Å². The second-order valence-corrected chi connectivity index (χ2v) is 8.66. The molecule has 164 valence electrons. The quantitative estimate of drug-likeness (QED) is 0.357. The molecule has 0 saturated heterocycles. The zero-order valence-corrected chi connectivity index (χ0v) is 18.7. The second kappa shape index (κ2) is 8.14. The average Bonchev–Trinajstić information content (AvgIpc) is 3.36. The van der Waals surface area contributed by atoms with Crippen LogP contribution in [0.4, 0.5) is 9.18 Å².